The van der Waals surface area contributed by atoms with Gasteiger partial charge in [0.15, 0.2) is 5.78 Å². The van der Waals surface area contributed by atoms with E-state index in [1.165, 1.54) is 18.4 Å². The third kappa shape index (κ3) is 3.53. The number of benzene rings is 1. The van der Waals surface area contributed by atoms with Crippen LogP contribution in [0.4, 0.5) is 5.95 Å². The van der Waals surface area contributed by atoms with Crippen molar-refractivity contribution in [3.63, 3.8) is 0 Å². The molecule has 0 aliphatic heterocycles. The number of nitrogens with one attached hydrogen (secondary N) is 1. The van der Waals surface area contributed by atoms with Gasteiger partial charge in [0.2, 0.25) is 16.8 Å². The molecule has 0 fully saturated rings. The van der Waals surface area contributed by atoms with Crippen LogP contribution in [-0.4, -0.2) is 33.4 Å². The number of ether oxygens (including phenoxy) is 1. The summed E-state index contributed by atoms with van der Waals surface area (Å²) in [5, 5.41) is 6.91. The molecular weight excluding hydrogens is 340 g/mol. The molecular formula is C17H18N4O3S. The minimum atomic E-state index is -0.295. The molecule has 0 bridgehead atoms. The second-order valence-electron chi connectivity index (χ2n) is 5.55. The molecule has 0 atom stereocenters. The summed E-state index contributed by atoms with van der Waals surface area (Å²) < 4.78 is 6.88. The van der Waals surface area contributed by atoms with E-state index in [4.69, 9.17) is 4.74 Å². The number of hydrogen-bond donors (Lipinski definition) is 1. The Balaban J connectivity index is 1.61. The largest absolute Gasteiger partial charge is 0.496 e. The fourth-order valence-corrected chi connectivity index (χ4v) is 3.32. The average molecular weight is 358 g/mol. The Morgan fingerprint density at radius 1 is 1.24 bits per heavy atom. The van der Waals surface area contributed by atoms with Crippen molar-refractivity contribution in [2.75, 3.05) is 12.4 Å². The maximum absolute atomic E-state index is 12.3. The van der Waals surface area contributed by atoms with Gasteiger partial charge in [-0.05, 0) is 26.0 Å². The van der Waals surface area contributed by atoms with Crippen LogP contribution in [0.1, 0.15) is 33.8 Å². The molecule has 0 radical (unpaired) electrons. The van der Waals surface area contributed by atoms with Gasteiger partial charge in [-0.15, -0.1) is 5.10 Å². The summed E-state index contributed by atoms with van der Waals surface area (Å²) in [5.41, 5.74) is 1.48. The summed E-state index contributed by atoms with van der Waals surface area (Å²) in [6.45, 7) is 3.95. The van der Waals surface area contributed by atoms with Crippen molar-refractivity contribution in [1.82, 2.24) is 14.6 Å². The molecule has 1 N–H and O–H groups in total. The fraction of sp³-hybridized carbons (Fsp3) is 0.294. The molecule has 8 heteroatoms. The van der Waals surface area contributed by atoms with Crippen LogP contribution in [-0.2, 0) is 4.79 Å². The molecule has 0 aliphatic carbocycles. The predicted molar refractivity (Wildman–Crippen MR) is 95.5 cm³/mol. The Morgan fingerprint density at radius 2 is 2.00 bits per heavy atom. The van der Waals surface area contributed by atoms with Crippen molar-refractivity contribution in [2.45, 2.75) is 26.7 Å². The molecule has 1 amide bonds. The number of fused-ring (bicyclic) bond motifs is 1. The van der Waals surface area contributed by atoms with Crippen molar-refractivity contribution >= 4 is 33.9 Å². The minimum absolute atomic E-state index is 0.0573. The number of nitrogens with zero attached hydrogens (tertiary/aromatic N) is 3. The highest BCUT2D eigenvalue weighted by atomic mass is 32.1. The molecule has 0 unspecified atom stereocenters. The number of anilines is 1. The quantitative estimate of drug-likeness (QED) is 0.685. The summed E-state index contributed by atoms with van der Waals surface area (Å²) in [4.78, 5) is 30.5. The van der Waals surface area contributed by atoms with Gasteiger partial charge in [-0.1, -0.05) is 23.5 Å². The van der Waals surface area contributed by atoms with Gasteiger partial charge in [-0.3, -0.25) is 14.9 Å². The molecule has 25 heavy (non-hydrogen) atoms. The van der Waals surface area contributed by atoms with Crippen LogP contribution in [0.2, 0.25) is 0 Å². The zero-order valence-electron chi connectivity index (χ0n) is 14.2. The first-order valence-electron chi connectivity index (χ1n) is 7.78. The highest BCUT2D eigenvalue weighted by Crippen LogP contribution is 2.22. The Hall–Kier alpha value is -2.74. The van der Waals surface area contributed by atoms with Crippen molar-refractivity contribution in [3.8, 4) is 5.75 Å². The van der Waals surface area contributed by atoms with Gasteiger partial charge in [0.25, 0.3) is 0 Å². The zero-order chi connectivity index (χ0) is 18.0. The lowest BCUT2D eigenvalue weighted by Gasteiger charge is -2.06. The molecule has 0 spiro atoms. The van der Waals surface area contributed by atoms with E-state index in [0.717, 1.165) is 15.5 Å². The lowest BCUT2D eigenvalue weighted by molar-refractivity contribution is -0.116. The minimum Gasteiger partial charge on any atom is -0.496 e. The highest BCUT2D eigenvalue weighted by Gasteiger charge is 2.16. The second-order valence-corrected chi connectivity index (χ2v) is 6.73. The topological polar surface area (TPSA) is 85.6 Å². The Morgan fingerprint density at radius 3 is 2.72 bits per heavy atom. The Bertz CT molecular complexity index is 945. The molecule has 0 saturated carbocycles. The first-order valence-corrected chi connectivity index (χ1v) is 8.60. The van der Waals surface area contributed by atoms with Gasteiger partial charge in [0.1, 0.15) is 5.75 Å². The number of thiazole rings is 1. The molecule has 3 aromatic rings. The van der Waals surface area contributed by atoms with E-state index in [9.17, 15) is 9.59 Å². The zero-order valence-corrected chi connectivity index (χ0v) is 15.0. The van der Waals surface area contributed by atoms with E-state index in [-0.39, 0.29) is 30.5 Å². The van der Waals surface area contributed by atoms with Gasteiger partial charge in [0, 0.05) is 17.7 Å². The van der Waals surface area contributed by atoms with Crippen LogP contribution >= 0.6 is 11.3 Å². The summed E-state index contributed by atoms with van der Waals surface area (Å²) in [7, 11) is 1.51. The highest BCUT2D eigenvalue weighted by molar-refractivity contribution is 7.17. The van der Waals surface area contributed by atoms with Crippen molar-refractivity contribution in [3.05, 3.63) is 40.4 Å². The SMILES string of the molecule is COc1ccccc1C(=O)CCC(=O)Nc1nc2sc(C)c(C)n2n1. The number of amides is 1. The van der Waals surface area contributed by atoms with Gasteiger partial charge < -0.3 is 4.74 Å². The monoisotopic (exact) mass is 358 g/mol. The van der Waals surface area contributed by atoms with Crippen LogP contribution in [0, 0.1) is 13.8 Å². The average Bonchev–Trinajstić information content (AvgIpc) is 3.11. The molecule has 0 aliphatic rings. The van der Waals surface area contributed by atoms with E-state index >= 15 is 0 Å². The Kier molecular flexibility index (Phi) is 4.80. The second kappa shape index (κ2) is 7.02. The van der Waals surface area contributed by atoms with E-state index < -0.39 is 0 Å². The molecule has 2 heterocycles. The number of methoxy groups -OCH3 is 1. The van der Waals surface area contributed by atoms with Crippen LogP contribution in [0.25, 0.3) is 4.96 Å². The van der Waals surface area contributed by atoms with E-state index in [2.05, 4.69) is 15.4 Å². The summed E-state index contributed by atoms with van der Waals surface area (Å²) in [6, 6.07) is 6.97. The standard InChI is InChI=1S/C17H18N4O3S/c1-10-11(2)25-17-19-16(20-21(10)17)18-15(23)9-8-13(22)12-6-4-5-7-14(12)24-3/h4-7H,8-9H2,1-3H3,(H,18,20,23). The van der Waals surface area contributed by atoms with Crippen LogP contribution < -0.4 is 10.1 Å². The number of aryl methyl sites for hydroxylation is 2. The Labute approximate surface area is 148 Å². The third-order valence-corrected chi connectivity index (χ3v) is 4.94. The maximum atomic E-state index is 12.3. The molecule has 1 aromatic carbocycles. The molecule has 2 aromatic heterocycles. The summed E-state index contributed by atoms with van der Waals surface area (Å²) >= 11 is 1.52. The van der Waals surface area contributed by atoms with Crippen molar-refractivity contribution in [1.29, 1.82) is 0 Å². The number of Topliss-reactive ketones (excluding diaryl/α,β-unsaturated/α-hetero) is 1. The number of aromatic nitrogens is 3. The lowest BCUT2D eigenvalue weighted by Crippen LogP contribution is -2.15. The van der Waals surface area contributed by atoms with Crippen LogP contribution in [0.5, 0.6) is 5.75 Å². The van der Waals surface area contributed by atoms with Gasteiger partial charge >= 0.3 is 0 Å². The van der Waals surface area contributed by atoms with E-state index in [1.54, 1.807) is 28.8 Å². The number of carbonyl (C=O) groups excluding carboxylic acids is 2. The normalized spacial score (nSPS) is 10.8. The van der Waals surface area contributed by atoms with Gasteiger partial charge in [-0.2, -0.15) is 4.98 Å². The molecule has 3 rings (SSSR count). The molecule has 0 saturated heterocycles. The predicted octanol–water partition coefficient (Wildman–Crippen LogP) is 3.02. The lowest BCUT2D eigenvalue weighted by atomic mass is 10.1. The fourth-order valence-electron chi connectivity index (χ4n) is 2.42. The molecule has 130 valence electrons. The van der Waals surface area contributed by atoms with E-state index in [1.807, 2.05) is 13.8 Å². The summed E-state index contributed by atoms with van der Waals surface area (Å²) in [5.74, 6) is 0.326. The number of para-hydroxylation sites is 1. The number of rotatable bonds is 6. The maximum Gasteiger partial charge on any atom is 0.250 e. The number of hydrogen-bond acceptors (Lipinski definition) is 6. The number of carbonyl (C=O) groups is 2. The van der Waals surface area contributed by atoms with Crippen molar-refractivity contribution in [2.24, 2.45) is 0 Å². The summed E-state index contributed by atoms with van der Waals surface area (Å²) in [6.07, 6.45) is 0.147. The van der Waals surface area contributed by atoms with E-state index in [0.29, 0.717) is 11.3 Å². The van der Waals surface area contributed by atoms with Crippen LogP contribution in [0.3, 0.4) is 0 Å². The first kappa shape index (κ1) is 17.1. The smallest absolute Gasteiger partial charge is 0.250 e. The first-order chi connectivity index (χ1) is 12.0. The number of ketones is 1. The van der Waals surface area contributed by atoms with Gasteiger partial charge in [-0.25, -0.2) is 4.52 Å². The third-order valence-electron chi connectivity index (χ3n) is 3.89. The van der Waals surface area contributed by atoms with Crippen LogP contribution in [0.15, 0.2) is 24.3 Å². The van der Waals surface area contributed by atoms with Gasteiger partial charge in [0.05, 0.1) is 18.4 Å². The molecule has 7 nitrogen and oxygen atoms in total. The van der Waals surface area contributed by atoms with Crippen molar-refractivity contribution < 1.29 is 14.3 Å².